The Bertz CT molecular complexity index is 563. The van der Waals surface area contributed by atoms with Crippen molar-refractivity contribution in [2.24, 2.45) is 0 Å². The molecule has 0 fully saturated rings. The van der Waals surface area contributed by atoms with Crippen LogP contribution in [0.25, 0.3) is 0 Å². The number of nitriles is 1. The molecule has 2 nitrogen and oxygen atoms in total. The molecule has 0 aliphatic heterocycles. The molecule has 2 rings (SSSR count). The molecule has 1 unspecified atom stereocenters. The monoisotopic (exact) mass is 324 g/mol. The van der Waals surface area contributed by atoms with E-state index in [-0.39, 0.29) is 5.82 Å². The number of benzene rings is 1. The van der Waals surface area contributed by atoms with Crippen molar-refractivity contribution in [2.75, 3.05) is 0 Å². The zero-order chi connectivity index (χ0) is 13.0. The van der Waals surface area contributed by atoms with Crippen LogP contribution in [-0.4, -0.2) is 0 Å². The third kappa shape index (κ3) is 3.16. The summed E-state index contributed by atoms with van der Waals surface area (Å²) in [5.74, 6) is -0.372. The zero-order valence-electron chi connectivity index (χ0n) is 9.36. The third-order valence-electron chi connectivity index (χ3n) is 2.46. The van der Waals surface area contributed by atoms with Gasteiger partial charge >= 0.3 is 0 Å². The van der Waals surface area contributed by atoms with E-state index < -0.39 is 6.04 Å². The number of hydrogen-bond acceptors (Lipinski definition) is 3. The van der Waals surface area contributed by atoms with Gasteiger partial charge in [-0.1, -0.05) is 22.0 Å². The molecule has 18 heavy (non-hydrogen) atoms. The largest absolute Gasteiger partial charge is 0.293 e. The number of halogens is 2. The molecule has 0 saturated carbocycles. The lowest BCUT2D eigenvalue weighted by Crippen LogP contribution is -2.20. The second-order valence-electron chi connectivity index (χ2n) is 3.69. The van der Waals surface area contributed by atoms with Crippen LogP contribution >= 0.6 is 27.3 Å². The van der Waals surface area contributed by atoms with Crippen LogP contribution < -0.4 is 5.32 Å². The van der Waals surface area contributed by atoms with Gasteiger partial charge in [0.1, 0.15) is 11.9 Å². The Labute approximate surface area is 117 Å². The van der Waals surface area contributed by atoms with Crippen molar-refractivity contribution in [3.8, 4) is 6.07 Å². The van der Waals surface area contributed by atoms with Crippen LogP contribution in [0.2, 0.25) is 0 Å². The molecule has 1 atom stereocenters. The summed E-state index contributed by atoms with van der Waals surface area (Å²) < 4.78 is 14.4. The van der Waals surface area contributed by atoms with E-state index >= 15 is 0 Å². The predicted molar refractivity (Wildman–Crippen MR) is 73.6 cm³/mol. The van der Waals surface area contributed by atoms with Gasteiger partial charge in [-0.3, -0.25) is 5.32 Å². The molecule has 0 amide bonds. The Balaban J connectivity index is 2.13. The van der Waals surface area contributed by atoms with E-state index in [0.29, 0.717) is 12.1 Å². The van der Waals surface area contributed by atoms with Crippen molar-refractivity contribution >= 4 is 27.3 Å². The molecular formula is C13H10BrFN2S. The topological polar surface area (TPSA) is 35.8 Å². The van der Waals surface area contributed by atoms with Gasteiger partial charge in [0.25, 0.3) is 0 Å². The first-order valence-electron chi connectivity index (χ1n) is 5.31. The van der Waals surface area contributed by atoms with E-state index in [2.05, 4.69) is 27.3 Å². The van der Waals surface area contributed by atoms with Gasteiger partial charge in [-0.05, 0) is 29.6 Å². The molecule has 0 saturated heterocycles. The Hall–Kier alpha value is -1.22. The molecule has 0 bridgehead atoms. The van der Waals surface area contributed by atoms with E-state index in [9.17, 15) is 4.39 Å². The molecule has 0 spiro atoms. The average molecular weight is 325 g/mol. The fourth-order valence-corrected chi connectivity index (χ4v) is 2.61. The summed E-state index contributed by atoms with van der Waals surface area (Å²) >= 11 is 4.88. The Morgan fingerprint density at radius 2 is 2.28 bits per heavy atom. The highest BCUT2D eigenvalue weighted by molar-refractivity contribution is 9.10. The SMILES string of the molecule is N#CC(NCc1cccs1)c1cc(Br)ccc1F. The molecule has 0 aliphatic carbocycles. The van der Waals surface area contributed by atoms with Crippen LogP contribution in [-0.2, 0) is 6.54 Å². The lowest BCUT2D eigenvalue weighted by Gasteiger charge is -2.12. The van der Waals surface area contributed by atoms with E-state index in [0.717, 1.165) is 9.35 Å². The summed E-state index contributed by atoms with van der Waals surface area (Å²) in [6.45, 7) is 0.557. The Kier molecular flexibility index (Phi) is 4.48. The zero-order valence-corrected chi connectivity index (χ0v) is 11.8. The standard InChI is InChI=1S/C13H10BrFN2S/c14-9-3-4-12(15)11(6-9)13(7-16)17-8-10-2-1-5-18-10/h1-6,13,17H,8H2. The van der Waals surface area contributed by atoms with E-state index in [4.69, 9.17) is 5.26 Å². The average Bonchev–Trinajstić information content (AvgIpc) is 2.87. The highest BCUT2D eigenvalue weighted by Gasteiger charge is 2.15. The number of nitrogens with zero attached hydrogens (tertiary/aromatic N) is 1. The van der Waals surface area contributed by atoms with Crippen molar-refractivity contribution in [1.82, 2.24) is 5.32 Å². The van der Waals surface area contributed by atoms with Crippen LogP contribution in [0.15, 0.2) is 40.2 Å². The first-order chi connectivity index (χ1) is 8.70. The summed E-state index contributed by atoms with van der Waals surface area (Å²) in [6, 6.07) is 9.96. The lowest BCUT2D eigenvalue weighted by atomic mass is 10.1. The molecule has 1 aromatic carbocycles. The van der Waals surface area contributed by atoms with Crippen molar-refractivity contribution in [2.45, 2.75) is 12.6 Å². The van der Waals surface area contributed by atoms with Gasteiger partial charge in [-0.25, -0.2) is 4.39 Å². The minimum Gasteiger partial charge on any atom is -0.293 e. The van der Waals surface area contributed by atoms with Crippen LogP contribution in [0.4, 0.5) is 4.39 Å². The van der Waals surface area contributed by atoms with Gasteiger partial charge in [-0.2, -0.15) is 5.26 Å². The van der Waals surface area contributed by atoms with Crippen molar-refractivity contribution in [3.05, 3.63) is 56.4 Å². The first-order valence-corrected chi connectivity index (χ1v) is 6.98. The van der Waals surface area contributed by atoms with Crippen LogP contribution in [0, 0.1) is 17.1 Å². The normalized spacial score (nSPS) is 12.1. The molecule has 1 heterocycles. The quantitative estimate of drug-likeness (QED) is 0.922. The Morgan fingerprint density at radius 1 is 1.44 bits per heavy atom. The maximum atomic E-state index is 13.7. The second kappa shape index (κ2) is 6.10. The lowest BCUT2D eigenvalue weighted by molar-refractivity contribution is 0.563. The van der Waals surface area contributed by atoms with Crippen molar-refractivity contribution < 1.29 is 4.39 Å². The maximum absolute atomic E-state index is 13.7. The van der Waals surface area contributed by atoms with Gasteiger partial charge in [0.05, 0.1) is 6.07 Å². The molecule has 0 aliphatic rings. The van der Waals surface area contributed by atoms with Crippen LogP contribution in [0.5, 0.6) is 0 Å². The van der Waals surface area contributed by atoms with Crippen molar-refractivity contribution in [3.63, 3.8) is 0 Å². The van der Waals surface area contributed by atoms with E-state index in [1.165, 1.54) is 6.07 Å². The summed E-state index contributed by atoms with van der Waals surface area (Å²) in [5.41, 5.74) is 0.364. The van der Waals surface area contributed by atoms with Crippen LogP contribution in [0.1, 0.15) is 16.5 Å². The summed E-state index contributed by atoms with van der Waals surface area (Å²) in [5, 5.41) is 14.1. The second-order valence-corrected chi connectivity index (χ2v) is 5.64. The number of rotatable bonds is 4. The highest BCUT2D eigenvalue weighted by Crippen LogP contribution is 2.22. The van der Waals surface area contributed by atoms with Crippen molar-refractivity contribution in [1.29, 1.82) is 5.26 Å². The van der Waals surface area contributed by atoms with Gasteiger partial charge < -0.3 is 0 Å². The summed E-state index contributed by atoms with van der Waals surface area (Å²) in [4.78, 5) is 1.12. The van der Waals surface area contributed by atoms with Gasteiger partial charge in [0, 0.05) is 21.5 Å². The predicted octanol–water partition coefficient (Wildman–Crippen LogP) is 4.00. The first kappa shape index (κ1) is 13.2. The van der Waals surface area contributed by atoms with Gasteiger partial charge in [-0.15, -0.1) is 11.3 Å². The Morgan fingerprint density at radius 3 is 2.94 bits per heavy atom. The number of nitrogens with one attached hydrogen (secondary N) is 1. The molecule has 92 valence electrons. The summed E-state index contributed by atoms with van der Waals surface area (Å²) in [7, 11) is 0. The van der Waals surface area contributed by atoms with Gasteiger partial charge in [0.2, 0.25) is 0 Å². The molecule has 0 radical (unpaired) electrons. The molecule has 5 heteroatoms. The molecular weight excluding hydrogens is 315 g/mol. The molecule has 2 aromatic rings. The van der Waals surface area contributed by atoms with Gasteiger partial charge in [0.15, 0.2) is 0 Å². The fourth-order valence-electron chi connectivity index (χ4n) is 1.58. The molecule has 1 N–H and O–H groups in total. The summed E-state index contributed by atoms with van der Waals surface area (Å²) in [6.07, 6.45) is 0. The molecule has 1 aromatic heterocycles. The third-order valence-corrected chi connectivity index (χ3v) is 3.83. The number of thiophene rings is 1. The minimum atomic E-state index is -0.649. The van der Waals surface area contributed by atoms with Crippen LogP contribution in [0.3, 0.4) is 0 Å². The minimum absolute atomic E-state index is 0.364. The smallest absolute Gasteiger partial charge is 0.129 e. The highest BCUT2D eigenvalue weighted by atomic mass is 79.9. The van der Waals surface area contributed by atoms with E-state index in [1.807, 2.05) is 17.5 Å². The number of hydrogen-bond donors (Lipinski definition) is 1. The maximum Gasteiger partial charge on any atom is 0.129 e. The van der Waals surface area contributed by atoms with E-state index in [1.54, 1.807) is 23.5 Å². The fraction of sp³-hybridized carbons (Fsp3) is 0.154.